The Morgan fingerprint density at radius 2 is 1.69 bits per heavy atom. The van der Waals surface area contributed by atoms with Crippen LogP contribution in [0, 0.1) is 6.92 Å². The molecule has 66 valence electrons. The van der Waals surface area contributed by atoms with E-state index in [9.17, 15) is 0 Å². The van der Waals surface area contributed by atoms with Crippen molar-refractivity contribution in [2.24, 2.45) is 0 Å². The molecule has 0 atom stereocenters. The van der Waals surface area contributed by atoms with Crippen LogP contribution >= 0.6 is 11.3 Å². The first-order valence-corrected chi connectivity index (χ1v) is 4.70. The largest absolute Gasteiger partial charge is 0.199 e. The van der Waals surface area contributed by atoms with Crippen molar-refractivity contribution in [3.63, 3.8) is 0 Å². The van der Waals surface area contributed by atoms with Crippen molar-refractivity contribution < 1.29 is 21.1 Å². The first-order valence-electron chi connectivity index (χ1n) is 3.82. The first-order chi connectivity index (χ1) is 5.86. The summed E-state index contributed by atoms with van der Waals surface area (Å²) in [6.45, 7) is 3.85. The van der Waals surface area contributed by atoms with Gasteiger partial charge >= 0.3 is 0 Å². The van der Waals surface area contributed by atoms with Crippen LogP contribution in [-0.2, 0) is 21.1 Å². The van der Waals surface area contributed by atoms with E-state index in [4.69, 9.17) is 0 Å². The third-order valence-corrected chi connectivity index (χ3v) is 2.68. The molecular formula is C11H9SW-. The standard InChI is InChI=1S/C11H9S.W/c1-9-4-6-10(7-5-9)11-3-2-8-12-11;/h2-8H,1H2;/q-1;. The molecule has 1 aromatic carbocycles. The predicted octanol–water partition coefficient (Wildman–Crippen LogP) is 3.59. The van der Waals surface area contributed by atoms with E-state index in [1.54, 1.807) is 11.3 Å². The molecule has 2 rings (SSSR count). The molecule has 0 aliphatic rings. The van der Waals surface area contributed by atoms with Crippen LogP contribution in [0.25, 0.3) is 10.4 Å². The van der Waals surface area contributed by atoms with Gasteiger partial charge in [0.25, 0.3) is 0 Å². The second-order valence-corrected chi connectivity index (χ2v) is 3.62. The van der Waals surface area contributed by atoms with Crippen LogP contribution in [0.5, 0.6) is 0 Å². The van der Waals surface area contributed by atoms with E-state index >= 15 is 0 Å². The van der Waals surface area contributed by atoms with Crippen LogP contribution < -0.4 is 0 Å². The van der Waals surface area contributed by atoms with Crippen LogP contribution in [-0.4, -0.2) is 0 Å². The second-order valence-electron chi connectivity index (χ2n) is 2.67. The number of hydrogen-bond acceptors (Lipinski definition) is 1. The van der Waals surface area contributed by atoms with Gasteiger partial charge in [-0.05, 0) is 17.0 Å². The van der Waals surface area contributed by atoms with Crippen molar-refractivity contribution in [2.45, 2.75) is 0 Å². The molecule has 0 aliphatic carbocycles. The van der Waals surface area contributed by atoms with Gasteiger partial charge in [0, 0.05) is 25.9 Å². The normalized spacial score (nSPS) is 9.23. The van der Waals surface area contributed by atoms with E-state index in [1.165, 1.54) is 10.4 Å². The van der Waals surface area contributed by atoms with Crippen molar-refractivity contribution in [3.8, 4) is 10.4 Å². The first kappa shape index (κ1) is 10.6. The Bertz CT molecular complexity index is 348. The third-order valence-electron chi connectivity index (χ3n) is 1.76. The quantitative estimate of drug-likeness (QED) is 0.685. The topological polar surface area (TPSA) is 0 Å². The van der Waals surface area contributed by atoms with E-state index in [0.717, 1.165) is 5.56 Å². The molecule has 0 bridgehead atoms. The molecule has 0 unspecified atom stereocenters. The molecule has 0 radical (unpaired) electrons. The van der Waals surface area contributed by atoms with Crippen LogP contribution in [0.3, 0.4) is 0 Å². The number of benzene rings is 1. The zero-order chi connectivity index (χ0) is 8.39. The van der Waals surface area contributed by atoms with Gasteiger partial charge in [0.05, 0.1) is 0 Å². The minimum Gasteiger partial charge on any atom is -0.199 e. The number of hydrogen-bond donors (Lipinski definition) is 0. The van der Waals surface area contributed by atoms with Gasteiger partial charge in [-0.25, -0.2) is 0 Å². The molecule has 0 spiro atoms. The Morgan fingerprint density at radius 1 is 1.00 bits per heavy atom. The van der Waals surface area contributed by atoms with Crippen molar-refractivity contribution in [2.75, 3.05) is 0 Å². The van der Waals surface area contributed by atoms with E-state index < -0.39 is 0 Å². The van der Waals surface area contributed by atoms with E-state index in [0.29, 0.717) is 0 Å². The molecule has 0 N–H and O–H groups in total. The van der Waals surface area contributed by atoms with Gasteiger partial charge in [0.2, 0.25) is 0 Å². The summed E-state index contributed by atoms with van der Waals surface area (Å²) < 4.78 is 0. The Kier molecular flexibility index (Phi) is 3.77. The molecule has 1 aromatic heterocycles. The van der Waals surface area contributed by atoms with E-state index in [2.05, 4.69) is 36.6 Å². The molecule has 0 aliphatic heterocycles. The average Bonchev–Trinajstić information content (AvgIpc) is 2.58. The zero-order valence-corrected chi connectivity index (χ0v) is 10.8. The molecule has 0 fully saturated rings. The van der Waals surface area contributed by atoms with Gasteiger partial charge in [-0.15, -0.1) is 23.5 Å². The second kappa shape index (κ2) is 4.64. The fourth-order valence-corrected chi connectivity index (χ4v) is 1.84. The maximum absolute atomic E-state index is 3.85. The summed E-state index contributed by atoms with van der Waals surface area (Å²) in [5.41, 5.74) is 2.34. The summed E-state index contributed by atoms with van der Waals surface area (Å²) in [6, 6.07) is 12.5. The molecule has 0 amide bonds. The van der Waals surface area contributed by atoms with Crippen LogP contribution in [0.1, 0.15) is 5.56 Å². The van der Waals surface area contributed by atoms with Gasteiger partial charge in [0.15, 0.2) is 0 Å². The SMILES string of the molecule is [CH2-]c1ccc(-c2cccs2)cc1.[W]. The van der Waals surface area contributed by atoms with Gasteiger partial charge < -0.3 is 0 Å². The van der Waals surface area contributed by atoms with Crippen LogP contribution in [0.4, 0.5) is 0 Å². The van der Waals surface area contributed by atoms with E-state index in [-0.39, 0.29) is 21.1 Å². The van der Waals surface area contributed by atoms with Gasteiger partial charge in [0.1, 0.15) is 0 Å². The zero-order valence-electron chi connectivity index (χ0n) is 7.07. The van der Waals surface area contributed by atoms with Crippen molar-refractivity contribution >= 4 is 11.3 Å². The molecule has 0 nitrogen and oxygen atoms in total. The summed E-state index contributed by atoms with van der Waals surface area (Å²) in [7, 11) is 0. The monoisotopic (exact) mass is 357 g/mol. The fourth-order valence-electron chi connectivity index (χ4n) is 1.11. The minimum absolute atomic E-state index is 0. The number of thiophene rings is 1. The Hall–Kier alpha value is -0.522. The average molecular weight is 357 g/mol. The smallest absolute Gasteiger partial charge is 0.0321 e. The van der Waals surface area contributed by atoms with Crippen molar-refractivity contribution in [1.29, 1.82) is 0 Å². The number of rotatable bonds is 1. The van der Waals surface area contributed by atoms with Gasteiger partial charge in [-0.2, -0.15) is 24.6 Å². The summed E-state index contributed by atoms with van der Waals surface area (Å²) >= 11 is 1.76. The van der Waals surface area contributed by atoms with Gasteiger partial charge in [-0.3, -0.25) is 0 Å². The van der Waals surface area contributed by atoms with Crippen LogP contribution in [0.2, 0.25) is 0 Å². The Balaban J connectivity index is 0.000000845. The molecular weight excluding hydrogens is 348 g/mol. The molecule has 1 heterocycles. The molecule has 0 saturated carbocycles. The fraction of sp³-hybridized carbons (Fsp3) is 0. The Labute approximate surface area is 96.9 Å². The Morgan fingerprint density at radius 3 is 2.23 bits per heavy atom. The summed E-state index contributed by atoms with van der Waals surface area (Å²) in [5.74, 6) is 0. The van der Waals surface area contributed by atoms with Crippen LogP contribution in [0.15, 0.2) is 41.8 Å². The summed E-state index contributed by atoms with van der Waals surface area (Å²) in [6.07, 6.45) is 0. The summed E-state index contributed by atoms with van der Waals surface area (Å²) in [5, 5.41) is 2.09. The molecule has 2 aromatic rings. The van der Waals surface area contributed by atoms with Crippen molar-refractivity contribution in [3.05, 3.63) is 54.3 Å². The molecule has 0 saturated heterocycles. The van der Waals surface area contributed by atoms with Gasteiger partial charge in [-0.1, -0.05) is 6.07 Å². The molecule has 13 heavy (non-hydrogen) atoms. The maximum atomic E-state index is 3.85. The summed E-state index contributed by atoms with van der Waals surface area (Å²) in [4.78, 5) is 1.31. The molecule has 2 heteroatoms. The maximum Gasteiger partial charge on any atom is 0.0321 e. The van der Waals surface area contributed by atoms with E-state index in [1.807, 2.05) is 12.1 Å². The predicted molar refractivity (Wildman–Crippen MR) is 54.2 cm³/mol. The third kappa shape index (κ3) is 2.46. The van der Waals surface area contributed by atoms with Crippen molar-refractivity contribution in [1.82, 2.24) is 0 Å². The minimum atomic E-state index is 0.